The average molecular weight is 333 g/mol. The standard InChI is InChI=1S/C17H24N4OS/c1-4-22-15-9-5-13(6-10-15)11-19(2)12-21-17(23)20(3)16(18-21)14-7-8-14/h5-6,9-10,14H,4,7-8,11-12H2,1-3H3/p+1. The summed E-state index contributed by atoms with van der Waals surface area (Å²) in [6.07, 6.45) is 2.49. The van der Waals surface area contributed by atoms with Crippen LogP contribution in [0.1, 0.15) is 37.1 Å². The van der Waals surface area contributed by atoms with Gasteiger partial charge in [0.05, 0.1) is 13.7 Å². The molecule has 1 N–H and O–H groups in total. The first-order valence-electron chi connectivity index (χ1n) is 8.25. The van der Waals surface area contributed by atoms with Crippen molar-refractivity contribution in [3.05, 3.63) is 40.4 Å². The SMILES string of the molecule is CCOc1ccc(C[NH+](C)Cn2nc(C3CC3)n(C)c2=S)cc1. The van der Waals surface area contributed by atoms with E-state index in [1.165, 1.54) is 23.3 Å². The van der Waals surface area contributed by atoms with Crippen LogP contribution in [-0.2, 0) is 20.3 Å². The third kappa shape index (κ3) is 3.82. The van der Waals surface area contributed by atoms with Gasteiger partial charge in [-0.05, 0) is 56.2 Å². The highest BCUT2D eigenvalue weighted by Crippen LogP contribution is 2.38. The second-order valence-corrected chi connectivity index (χ2v) is 6.71. The zero-order chi connectivity index (χ0) is 16.4. The molecule has 1 atom stereocenters. The first kappa shape index (κ1) is 16.2. The summed E-state index contributed by atoms with van der Waals surface area (Å²) in [5.41, 5.74) is 1.29. The fourth-order valence-corrected chi connectivity index (χ4v) is 3.03. The molecule has 5 nitrogen and oxygen atoms in total. The third-order valence-electron chi connectivity index (χ3n) is 4.18. The highest BCUT2D eigenvalue weighted by molar-refractivity contribution is 7.71. The first-order chi connectivity index (χ1) is 11.1. The number of nitrogens with zero attached hydrogens (tertiary/aromatic N) is 3. The Morgan fingerprint density at radius 1 is 1.30 bits per heavy atom. The van der Waals surface area contributed by atoms with E-state index in [4.69, 9.17) is 22.1 Å². The van der Waals surface area contributed by atoms with Gasteiger partial charge >= 0.3 is 0 Å². The van der Waals surface area contributed by atoms with Crippen LogP contribution >= 0.6 is 12.2 Å². The van der Waals surface area contributed by atoms with Crippen LogP contribution < -0.4 is 9.64 Å². The summed E-state index contributed by atoms with van der Waals surface area (Å²) in [5, 5.41) is 4.73. The van der Waals surface area contributed by atoms with Crippen LogP contribution in [-0.4, -0.2) is 28.0 Å². The van der Waals surface area contributed by atoms with Crippen molar-refractivity contribution in [2.45, 2.75) is 38.9 Å². The van der Waals surface area contributed by atoms with Crippen molar-refractivity contribution in [1.29, 1.82) is 0 Å². The molecule has 0 amide bonds. The molecule has 1 aliphatic rings. The van der Waals surface area contributed by atoms with E-state index in [0.29, 0.717) is 12.5 Å². The van der Waals surface area contributed by atoms with Crippen LogP contribution in [0.15, 0.2) is 24.3 Å². The summed E-state index contributed by atoms with van der Waals surface area (Å²) in [5.74, 6) is 2.69. The number of nitrogens with one attached hydrogen (secondary N) is 1. The zero-order valence-electron chi connectivity index (χ0n) is 14.1. The van der Waals surface area contributed by atoms with E-state index < -0.39 is 0 Å². The Bertz CT molecular complexity index is 715. The maximum absolute atomic E-state index is 5.52. The van der Waals surface area contributed by atoms with E-state index in [-0.39, 0.29) is 0 Å². The van der Waals surface area contributed by atoms with Crippen molar-refractivity contribution in [1.82, 2.24) is 14.3 Å². The lowest BCUT2D eigenvalue weighted by molar-refractivity contribution is -0.917. The molecule has 0 saturated heterocycles. The summed E-state index contributed by atoms with van der Waals surface area (Å²) in [7, 11) is 4.20. The summed E-state index contributed by atoms with van der Waals surface area (Å²) >= 11 is 5.52. The highest BCUT2D eigenvalue weighted by Gasteiger charge is 2.29. The van der Waals surface area contributed by atoms with Crippen molar-refractivity contribution < 1.29 is 9.64 Å². The molecule has 0 radical (unpaired) electrons. The van der Waals surface area contributed by atoms with Crippen LogP contribution in [0.4, 0.5) is 0 Å². The Morgan fingerprint density at radius 2 is 2.00 bits per heavy atom. The summed E-state index contributed by atoms with van der Waals surface area (Å²) in [4.78, 5) is 1.35. The summed E-state index contributed by atoms with van der Waals surface area (Å²) < 4.78 is 10.3. The normalized spacial score (nSPS) is 15.6. The monoisotopic (exact) mass is 333 g/mol. The molecule has 1 aromatic heterocycles. The fraction of sp³-hybridized carbons (Fsp3) is 0.529. The molecular weight excluding hydrogens is 308 g/mol. The Labute approximate surface area is 142 Å². The highest BCUT2D eigenvalue weighted by atomic mass is 32.1. The molecule has 124 valence electrons. The molecule has 0 aliphatic heterocycles. The minimum atomic E-state index is 0.620. The van der Waals surface area contributed by atoms with E-state index >= 15 is 0 Å². The number of quaternary nitrogens is 1. The van der Waals surface area contributed by atoms with Crippen LogP contribution in [0, 0.1) is 4.77 Å². The molecule has 3 rings (SSSR count). The Kier molecular flexibility index (Phi) is 4.82. The van der Waals surface area contributed by atoms with Crippen molar-refractivity contribution in [2.75, 3.05) is 13.7 Å². The van der Waals surface area contributed by atoms with Gasteiger partial charge in [-0.3, -0.25) is 0 Å². The second kappa shape index (κ2) is 6.84. The van der Waals surface area contributed by atoms with Gasteiger partial charge in [0.2, 0.25) is 4.77 Å². The topological polar surface area (TPSA) is 36.4 Å². The number of benzene rings is 1. The van der Waals surface area contributed by atoms with E-state index in [9.17, 15) is 0 Å². The number of aromatic nitrogens is 3. The predicted molar refractivity (Wildman–Crippen MR) is 92.2 cm³/mol. The lowest BCUT2D eigenvalue weighted by atomic mass is 10.2. The Hall–Kier alpha value is -1.66. The zero-order valence-corrected chi connectivity index (χ0v) is 14.9. The molecular formula is C17H25N4OS+. The van der Waals surface area contributed by atoms with Crippen LogP contribution in [0.25, 0.3) is 0 Å². The Morgan fingerprint density at radius 3 is 2.61 bits per heavy atom. The number of rotatable bonds is 7. The van der Waals surface area contributed by atoms with E-state index in [0.717, 1.165) is 29.6 Å². The van der Waals surface area contributed by atoms with E-state index in [2.05, 4.69) is 23.7 Å². The minimum Gasteiger partial charge on any atom is -0.494 e. The fourth-order valence-electron chi connectivity index (χ4n) is 2.83. The maximum Gasteiger partial charge on any atom is 0.202 e. The van der Waals surface area contributed by atoms with Crippen LogP contribution in [0.3, 0.4) is 0 Å². The quantitative estimate of drug-likeness (QED) is 0.786. The molecule has 0 spiro atoms. The van der Waals surface area contributed by atoms with Gasteiger partial charge in [0.1, 0.15) is 18.1 Å². The number of ether oxygens (including phenoxy) is 1. The molecule has 1 saturated carbocycles. The predicted octanol–water partition coefficient (Wildman–Crippen LogP) is 1.90. The molecule has 1 aliphatic carbocycles. The molecule has 0 bridgehead atoms. The maximum atomic E-state index is 5.52. The molecule has 2 aromatic rings. The smallest absolute Gasteiger partial charge is 0.202 e. The molecule has 6 heteroatoms. The van der Waals surface area contributed by atoms with Gasteiger partial charge in [-0.1, -0.05) is 0 Å². The van der Waals surface area contributed by atoms with Crippen molar-refractivity contribution in [3.63, 3.8) is 0 Å². The van der Waals surface area contributed by atoms with E-state index in [1.807, 2.05) is 30.8 Å². The molecule has 1 fully saturated rings. The summed E-state index contributed by atoms with van der Waals surface area (Å²) in [6, 6.07) is 8.32. The Balaban J connectivity index is 1.64. The molecule has 1 unspecified atom stereocenters. The third-order valence-corrected chi connectivity index (χ3v) is 4.66. The van der Waals surface area contributed by atoms with Crippen molar-refractivity contribution in [3.8, 4) is 5.75 Å². The average Bonchev–Trinajstić information content (AvgIpc) is 3.33. The molecule has 23 heavy (non-hydrogen) atoms. The van der Waals surface area contributed by atoms with Gasteiger partial charge in [0.25, 0.3) is 0 Å². The second-order valence-electron chi connectivity index (χ2n) is 6.34. The largest absolute Gasteiger partial charge is 0.494 e. The van der Waals surface area contributed by atoms with Gasteiger partial charge < -0.3 is 14.2 Å². The van der Waals surface area contributed by atoms with Crippen molar-refractivity contribution in [2.24, 2.45) is 7.05 Å². The first-order valence-corrected chi connectivity index (χ1v) is 8.66. The number of hydrogen-bond acceptors (Lipinski definition) is 3. The molecule has 1 heterocycles. The van der Waals surface area contributed by atoms with Gasteiger partial charge in [-0.2, -0.15) is 9.78 Å². The van der Waals surface area contributed by atoms with Gasteiger partial charge in [0, 0.05) is 18.5 Å². The minimum absolute atomic E-state index is 0.620. The van der Waals surface area contributed by atoms with Gasteiger partial charge in [-0.25, -0.2) is 0 Å². The lowest BCUT2D eigenvalue weighted by Gasteiger charge is -2.14. The molecule has 1 aromatic carbocycles. The van der Waals surface area contributed by atoms with Crippen molar-refractivity contribution >= 4 is 12.2 Å². The van der Waals surface area contributed by atoms with Gasteiger partial charge in [0.15, 0.2) is 6.67 Å². The lowest BCUT2D eigenvalue weighted by Crippen LogP contribution is -3.07. The number of hydrogen-bond donors (Lipinski definition) is 1. The van der Waals surface area contributed by atoms with Crippen LogP contribution in [0.2, 0.25) is 0 Å². The van der Waals surface area contributed by atoms with E-state index in [1.54, 1.807) is 0 Å². The van der Waals surface area contributed by atoms with Gasteiger partial charge in [-0.15, -0.1) is 0 Å². The summed E-state index contributed by atoms with van der Waals surface area (Å²) in [6.45, 7) is 4.42. The van der Waals surface area contributed by atoms with Crippen LogP contribution in [0.5, 0.6) is 5.75 Å².